The van der Waals surface area contributed by atoms with E-state index in [0.717, 1.165) is 23.9 Å². The monoisotopic (exact) mass is 280 g/mol. The molecule has 0 radical (unpaired) electrons. The lowest BCUT2D eigenvalue weighted by Crippen LogP contribution is -2.61. The van der Waals surface area contributed by atoms with Gasteiger partial charge in [-0.1, -0.05) is 53.4 Å². The summed E-state index contributed by atoms with van der Waals surface area (Å²) in [7, 11) is 0. The first-order valence-electron chi connectivity index (χ1n) is 9.18. The third-order valence-electron chi connectivity index (χ3n) is 6.10. The van der Waals surface area contributed by atoms with E-state index in [1.807, 2.05) is 0 Å². The zero-order valence-corrected chi connectivity index (χ0v) is 14.2. The lowest BCUT2D eigenvalue weighted by atomic mass is 9.82. The second-order valence-electron chi connectivity index (χ2n) is 7.25. The largest absolute Gasteiger partial charge is 0.311 e. The van der Waals surface area contributed by atoms with E-state index in [-0.39, 0.29) is 0 Å². The first-order chi connectivity index (χ1) is 9.69. The average molecular weight is 281 g/mol. The molecule has 1 aliphatic heterocycles. The van der Waals surface area contributed by atoms with Crippen molar-refractivity contribution in [3.05, 3.63) is 0 Å². The molecule has 5 unspecified atom stereocenters. The van der Waals surface area contributed by atoms with Crippen LogP contribution >= 0.6 is 0 Å². The Bertz CT molecular complexity index is 277. The number of nitrogens with one attached hydrogen (secondary N) is 1. The van der Waals surface area contributed by atoms with Crippen LogP contribution in [0.25, 0.3) is 0 Å². The standard InChI is InChI=1S/C18H36N2/c1-5-14(4)18-13-20(16(7-3)12-19-18)17-10-8-9-15(6-2)11-17/h14-19H,5-13H2,1-4H3. The van der Waals surface area contributed by atoms with Crippen molar-refractivity contribution in [1.82, 2.24) is 10.2 Å². The molecule has 0 spiro atoms. The van der Waals surface area contributed by atoms with Crippen LogP contribution in [0.1, 0.15) is 72.6 Å². The van der Waals surface area contributed by atoms with E-state index in [1.54, 1.807) is 0 Å². The molecule has 0 aromatic carbocycles. The predicted octanol–water partition coefficient (Wildman–Crippen LogP) is 4.05. The maximum absolute atomic E-state index is 3.82. The minimum absolute atomic E-state index is 0.713. The summed E-state index contributed by atoms with van der Waals surface area (Å²) in [4.78, 5) is 2.90. The number of hydrogen-bond donors (Lipinski definition) is 1. The molecule has 2 heteroatoms. The third kappa shape index (κ3) is 3.76. The fourth-order valence-corrected chi connectivity index (χ4v) is 4.27. The van der Waals surface area contributed by atoms with Crippen molar-refractivity contribution in [3.63, 3.8) is 0 Å². The first-order valence-corrected chi connectivity index (χ1v) is 9.18. The molecule has 118 valence electrons. The van der Waals surface area contributed by atoms with Gasteiger partial charge in [0.05, 0.1) is 0 Å². The summed E-state index contributed by atoms with van der Waals surface area (Å²) in [5.74, 6) is 1.80. The van der Waals surface area contributed by atoms with Gasteiger partial charge in [-0.15, -0.1) is 0 Å². The van der Waals surface area contributed by atoms with Gasteiger partial charge >= 0.3 is 0 Å². The van der Waals surface area contributed by atoms with Crippen LogP contribution in [0.15, 0.2) is 0 Å². The second-order valence-corrected chi connectivity index (χ2v) is 7.25. The minimum Gasteiger partial charge on any atom is -0.311 e. The number of piperazine rings is 1. The highest BCUT2D eigenvalue weighted by molar-refractivity contribution is 4.92. The van der Waals surface area contributed by atoms with Crippen molar-refractivity contribution in [2.24, 2.45) is 11.8 Å². The number of rotatable bonds is 5. The maximum atomic E-state index is 3.82. The summed E-state index contributed by atoms with van der Waals surface area (Å²) in [6.45, 7) is 12.0. The van der Waals surface area contributed by atoms with Crippen LogP contribution in [0.4, 0.5) is 0 Å². The van der Waals surface area contributed by atoms with Crippen molar-refractivity contribution in [2.75, 3.05) is 13.1 Å². The van der Waals surface area contributed by atoms with Crippen molar-refractivity contribution in [2.45, 2.75) is 90.8 Å². The molecule has 0 aromatic heterocycles. The Balaban J connectivity index is 2.00. The van der Waals surface area contributed by atoms with Crippen molar-refractivity contribution < 1.29 is 0 Å². The number of hydrogen-bond acceptors (Lipinski definition) is 2. The molecular weight excluding hydrogens is 244 g/mol. The van der Waals surface area contributed by atoms with Crippen LogP contribution in [-0.4, -0.2) is 36.1 Å². The highest BCUT2D eigenvalue weighted by Crippen LogP contribution is 2.32. The van der Waals surface area contributed by atoms with Crippen molar-refractivity contribution >= 4 is 0 Å². The summed E-state index contributed by atoms with van der Waals surface area (Å²) < 4.78 is 0. The topological polar surface area (TPSA) is 15.3 Å². The minimum atomic E-state index is 0.713. The molecule has 1 saturated heterocycles. The Kier molecular flexibility index (Phi) is 6.35. The van der Waals surface area contributed by atoms with E-state index in [2.05, 4.69) is 37.9 Å². The van der Waals surface area contributed by atoms with E-state index in [0.29, 0.717) is 6.04 Å². The van der Waals surface area contributed by atoms with Crippen LogP contribution in [-0.2, 0) is 0 Å². The van der Waals surface area contributed by atoms with Gasteiger partial charge < -0.3 is 5.32 Å². The highest BCUT2D eigenvalue weighted by Gasteiger charge is 2.35. The molecule has 2 fully saturated rings. The van der Waals surface area contributed by atoms with Gasteiger partial charge in [-0.3, -0.25) is 4.90 Å². The lowest BCUT2D eigenvalue weighted by molar-refractivity contribution is 0.0360. The Morgan fingerprint density at radius 2 is 1.95 bits per heavy atom. The molecule has 20 heavy (non-hydrogen) atoms. The molecule has 2 nitrogen and oxygen atoms in total. The van der Waals surface area contributed by atoms with Gasteiger partial charge in [0, 0.05) is 31.2 Å². The summed E-state index contributed by atoms with van der Waals surface area (Å²) in [5, 5.41) is 3.82. The summed E-state index contributed by atoms with van der Waals surface area (Å²) in [6, 6.07) is 2.35. The summed E-state index contributed by atoms with van der Waals surface area (Å²) in [6.07, 6.45) is 9.81. The Morgan fingerprint density at radius 3 is 2.60 bits per heavy atom. The number of nitrogens with zero attached hydrogens (tertiary/aromatic N) is 1. The van der Waals surface area contributed by atoms with Crippen LogP contribution in [0.2, 0.25) is 0 Å². The highest BCUT2D eigenvalue weighted by atomic mass is 15.3. The Hall–Kier alpha value is -0.0800. The van der Waals surface area contributed by atoms with Crippen molar-refractivity contribution in [3.8, 4) is 0 Å². The normalized spacial score (nSPS) is 37.8. The molecule has 2 aliphatic rings. The van der Waals surface area contributed by atoms with Gasteiger partial charge in [-0.05, 0) is 31.1 Å². The van der Waals surface area contributed by atoms with Gasteiger partial charge in [0.15, 0.2) is 0 Å². The van der Waals surface area contributed by atoms with E-state index < -0.39 is 0 Å². The zero-order valence-electron chi connectivity index (χ0n) is 14.2. The van der Waals surface area contributed by atoms with Crippen LogP contribution in [0.5, 0.6) is 0 Å². The third-order valence-corrected chi connectivity index (χ3v) is 6.10. The van der Waals surface area contributed by atoms with Gasteiger partial charge in [0.1, 0.15) is 0 Å². The summed E-state index contributed by atoms with van der Waals surface area (Å²) >= 11 is 0. The van der Waals surface area contributed by atoms with Crippen LogP contribution < -0.4 is 5.32 Å². The Labute approximate surface area is 126 Å². The van der Waals surface area contributed by atoms with E-state index in [1.165, 1.54) is 58.0 Å². The average Bonchev–Trinajstić information content (AvgIpc) is 2.53. The van der Waals surface area contributed by atoms with E-state index in [4.69, 9.17) is 0 Å². The molecule has 1 saturated carbocycles. The fourth-order valence-electron chi connectivity index (χ4n) is 4.27. The Morgan fingerprint density at radius 1 is 1.15 bits per heavy atom. The molecule has 2 rings (SSSR count). The smallest absolute Gasteiger partial charge is 0.0221 e. The summed E-state index contributed by atoms with van der Waals surface area (Å²) in [5.41, 5.74) is 0. The van der Waals surface area contributed by atoms with E-state index >= 15 is 0 Å². The van der Waals surface area contributed by atoms with Gasteiger partial charge in [-0.2, -0.15) is 0 Å². The molecule has 5 atom stereocenters. The molecular formula is C18H36N2. The van der Waals surface area contributed by atoms with Crippen molar-refractivity contribution in [1.29, 1.82) is 0 Å². The zero-order chi connectivity index (χ0) is 14.5. The molecule has 0 aromatic rings. The molecule has 1 N–H and O–H groups in total. The maximum Gasteiger partial charge on any atom is 0.0221 e. The van der Waals surface area contributed by atoms with E-state index in [9.17, 15) is 0 Å². The molecule has 1 aliphatic carbocycles. The first kappa shape index (κ1) is 16.3. The predicted molar refractivity (Wildman–Crippen MR) is 88.1 cm³/mol. The second kappa shape index (κ2) is 7.79. The molecule has 1 heterocycles. The van der Waals surface area contributed by atoms with Gasteiger partial charge in [0.2, 0.25) is 0 Å². The SMILES string of the molecule is CCC1CCCC(N2CC(C(C)CC)NCC2CC)C1. The molecule has 0 amide bonds. The fraction of sp³-hybridized carbons (Fsp3) is 1.00. The van der Waals surface area contributed by atoms with Gasteiger partial charge in [-0.25, -0.2) is 0 Å². The molecule has 0 bridgehead atoms. The van der Waals surface area contributed by atoms with Crippen LogP contribution in [0, 0.1) is 11.8 Å². The van der Waals surface area contributed by atoms with Crippen LogP contribution in [0.3, 0.4) is 0 Å². The lowest BCUT2D eigenvalue weighted by Gasteiger charge is -2.48. The quantitative estimate of drug-likeness (QED) is 0.817. The van der Waals surface area contributed by atoms with Gasteiger partial charge in [0.25, 0.3) is 0 Å².